The Balaban J connectivity index is 2.01. The lowest BCUT2D eigenvalue weighted by Crippen LogP contribution is -2.13. The fourth-order valence-electron chi connectivity index (χ4n) is 2.63. The van der Waals surface area contributed by atoms with Crippen molar-refractivity contribution < 1.29 is 0 Å². The molecule has 0 amide bonds. The van der Waals surface area contributed by atoms with Crippen LogP contribution in [-0.4, -0.2) is 22.9 Å². The summed E-state index contributed by atoms with van der Waals surface area (Å²) < 4.78 is 1.97. The second-order valence-corrected chi connectivity index (χ2v) is 4.93. The average molecular weight is 241 g/mol. The molecule has 94 valence electrons. The lowest BCUT2D eigenvalue weighted by molar-refractivity contribution is 0.703. The maximum Gasteiger partial charge on any atom is 0.0929 e. The van der Waals surface area contributed by atoms with Gasteiger partial charge >= 0.3 is 0 Å². The van der Waals surface area contributed by atoms with Gasteiger partial charge in [-0.1, -0.05) is 23.8 Å². The Morgan fingerprint density at radius 3 is 3.06 bits per heavy atom. The molecule has 1 aliphatic heterocycles. The van der Waals surface area contributed by atoms with Crippen LogP contribution >= 0.6 is 0 Å². The highest BCUT2D eigenvalue weighted by Crippen LogP contribution is 2.22. The first-order chi connectivity index (χ1) is 8.84. The lowest BCUT2D eigenvalue weighted by atomic mass is 10.1. The molecule has 0 atom stereocenters. The van der Waals surface area contributed by atoms with Gasteiger partial charge in [-0.05, 0) is 44.5 Å². The van der Waals surface area contributed by atoms with Crippen molar-refractivity contribution >= 4 is 17.0 Å². The van der Waals surface area contributed by atoms with Crippen LogP contribution in [0.5, 0.6) is 0 Å². The van der Waals surface area contributed by atoms with Crippen molar-refractivity contribution in [2.75, 3.05) is 13.1 Å². The van der Waals surface area contributed by atoms with Gasteiger partial charge < -0.3 is 5.32 Å². The van der Waals surface area contributed by atoms with E-state index in [1.807, 2.05) is 11.7 Å². The number of nitrogens with zero attached hydrogens (tertiary/aromatic N) is 2. The Bertz CT molecular complexity index is 570. The Labute approximate surface area is 107 Å². The SMILES string of the molecule is Cn1nc(/C=C2/CCCNCC2)c2ccccc21. The summed E-state index contributed by atoms with van der Waals surface area (Å²) in [7, 11) is 2.01. The van der Waals surface area contributed by atoms with Crippen molar-refractivity contribution in [1.29, 1.82) is 0 Å². The molecule has 0 radical (unpaired) electrons. The first-order valence-corrected chi connectivity index (χ1v) is 6.66. The van der Waals surface area contributed by atoms with Crippen LogP contribution in [0.15, 0.2) is 29.8 Å². The van der Waals surface area contributed by atoms with Crippen LogP contribution in [0.1, 0.15) is 25.0 Å². The van der Waals surface area contributed by atoms with Crippen molar-refractivity contribution in [2.45, 2.75) is 19.3 Å². The monoisotopic (exact) mass is 241 g/mol. The summed E-state index contributed by atoms with van der Waals surface area (Å²) in [5.41, 5.74) is 3.84. The van der Waals surface area contributed by atoms with E-state index in [0.717, 1.165) is 25.2 Å². The van der Waals surface area contributed by atoms with Crippen LogP contribution in [0.4, 0.5) is 0 Å². The van der Waals surface area contributed by atoms with E-state index in [9.17, 15) is 0 Å². The standard InChI is InChI=1S/C15H19N3/c1-18-15-7-3-2-6-13(15)14(17-18)11-12-5-4-9-16-10-8-12/h2-3,6-7,11,16H,4-5,8-10H2,1H3/b12-11-. The van der Waals surface area contributed by atoms with Gasteiger partial charge in [-0.15, -0.1) is 0 Å². The van der Waals surface area contributed by atoms with Gasteiger partial charge in [0.25, 0.3) is 0 Å². The zero-order chi connectivity index (χ0) is 12.4. The van der Waals surface area contributed by atoms with Gasteiger partial charge in [0, 0.05) is 12.4 Å². The molecule has 2 heterocycles. The van der Waals surface area contributed by atoms with E-state index in [1.165, 1.54) is 29.3 Å². The normalized spacial score (nSPS) is 19.3. The Morgan fingerprint density at radius 1 is 1.22 bits per heavy atom. The predicted octanol–water partition coefficient (Wildman–Crippen LogP) is 2.73. The summed E-state index contributed by atoms with van der Waals surface area (Å²) in [6, 6.07) is 8.43. The van der Waals surface area contributed by atoms with E-state index in [4.69, 9.17) is 0 Å². The number of hydrogen-bond donors (Lipinski definition) is 1. The predicted molar refractivity (Wildman–Crippen MR) is 75.4 cm³/mol. The number of fused-ring (bicyclic) bond motifs is 1. The zero-order valence-corrected chi connectivity index (χ0v) is 10.8. The summed E-state index contributed by atoms with van der Waals surface area (Å²) >= 11 is 0. The summed E-state index contributed by atoms with van der Waals surface area (Å²) in [5, 5.41) is 9.33. The third-order valence-electron chi connectivity index (χ3n) is 3.60. The summed E-state index contributed by atoms with van der Waals surface area (Å²) in [6.07, 6.45) is 5.86. The third-order valence-corrected chi connectivity index (χ3v) is 3.60. The molecule has 0 aliphatic carbocycles. The molecule has 1 N–H and O–H groups in total. The minimum atomic E-state index is 1.09. The fourth-order valence-corrected chi connectivity index (χ4v) is 2.63. The molecule has 3 heteroatoms. The van der Waals surface area contributed by atoms with E-state index in [1.54, 1.807) is 0 Å². The highest BCUT2D eigenvalue weighted by Gasteiger charge is 2.08. The van der Waals surface area contributed by atoms with Crippen LogP contribution in [0.25, 0.3) is 17.0 Å². The molecular formula is C15H19N3. The second-order valence-electron chi connectivity index (χ2n) is 4.93. The van der Waals surface area contributed by atoms with Crippen molar-refractivity contribution in [2.24, 2.45) is 7.05 Å². The highest BCUT2D eigenvalue weighted by molar-refractivity contribution is 5.87. The van der Waals surface area contributed by atoms with Gasteiger partial charge in [0.15, 0.2) is 0 Å². The van der Waals surface area contributed by atoms with Crippen LogP contribution in [0.3, 0.4) is 0 Å². The Hall–Kier alpha value is -1.61. The molecular weight excluding hydrogens is 222 g/mol. The average Bonchev–Trinajstić information content (AvgIpc) is 2.58. The van der Waals surface area contributed by atoms with Crippen molar-refractivity contribution in [1.82, 2.24) is 15.1 Å². The number of aryl methyl sites for hydroxylation is 1. The quantitative estimate of drug-likeness (QED) is 0.832. The Morgan fingerprint density at radius 2 is 2.11 bits per heavy atom. The second kappa shape index (κ2) is 4.94. The van der Waals surface area contributed by atoms with Gasteiger partial charge in [-0.3, -0.25) is 4.68 Å². The van der Waals surface area contributed by atoms with Gasteiger partial charge in [0.2, 0.25) is 0 Å². The van der Waals surface area contributed by atoms with Gasteiger partial charge in [0.1, 0.15) is 0 Å². The summed E-state index contributed by atoms with van der Waals surface area (Å²) in [5.74, 6) is 0. The van der Waals surface area contributed by atoms with E-state index < -0.39 is 0 Å². The van der Waals surface area contributed by atoms with E-state index >= 15 is 0 Å². The number of rotatable bonds is 1. The number of nitrogens with one attached hydrogen (secondary N) is 1. The molecule has 1 aromatic carbocycles. The van der Waals surface area contributed by atoms with Gasteiger partial charge in [-0.25, -0.2) is 0 Å². The van der Waals surface area contributed by atoms with Crippen LogP contribution < -0.4 is 5.32 Å². The molecule has 3 rings (SSSR count). The van der Waals surface area contributed by atoms with E-state index in [-0.39, 0.29) is 0 Å². The molecule has 18 heavy (non-hydrogen) atoms. The smallest absolute Gasteiger partial charge is 0.0929 e. The van der Waals surface area contributed by atoms with E-state index in [0.29, 0.717) is 0 Å². The highest BCUT2D eigenvalue weighted by atomic mass is 15.3. The third kappa shape index (κ3) is 2.18. The van der Waals surface area contributed by atoms with Gasteiger partial charge in [0.05, 0.1) is 11.2 Å². The fraction of sp³-hybridized carbons (Fsp3) is 0.400. The van der Waals surface area contributed by atoms with Crippen molar-refractivity contribution in [3.05, 3.63) is 35.5 Å². The first kappa shape index (κ1) is 11.5. The molecule has 1 aliphatic rings. The number of para-hydroxylation sites is 1. The molecule has 0 unspecified atom stereocenters. The molecule has 1 aromatic heterocycles. The molecule has 0 bridgehead atoms. The number of aromatic nitrogens is 2. The topological polar surface area (TPSA) is 29.9 Å². The van der Waals surface area contributed by atoms with Crippen molar-refractivity contribution in [3.8, 4) is 0 Å². The summed E-state index contributed by atoms with van der Waals surface area (Å²) in [6.45, 7) is 2.23. The minimum Gasteiger partial charge on any atom is -0.316 e. The molecule has 1 saturated heterocycles. The van der Waals surface area contributed by atoms with Crippen LogP contribution in [-0.2, 0) is 7.05 Å². The molecule has 2 aromatic rings. The zero-order valence-electron chi connectivity index (χ0n) is 10.8. The maximum atomic E-state index is 4.63. The maximum absolute atomic E-state index is 4.63. The largest absolute Gasteiger partial charge is 0.316 e. The van der Waals surface area contributed by atoms with Gasteiger partial charge in [-0.2, -0.15) is 5.10 Å². The molecule has 3 nitrogen and oxygen atoms in total. The molecule has 0 spiro atoms. The minimum absolute atomic E-state index is 1.09. The summed E-state index contributed by atoms with van der Waals surface area (Å²) in [4.78, 5) is 0. The first-order valence-electron chi connectivity index (χ1n) is 6.66. The Kier molecular flexibility index (Phi) is 3.15. The van der Waals surface area contributed by atoms with E-state index in [2.05, 4.69) is 40.8 Å². The van der Waals surface area contributed by atoms with Crippen LogP contribution in [0, 0.1) is 0 Å². The number of benzene rings is 1. The molecule has 0 saturated carbocycles. The van der Waals surface area contributed by atoms with Crippen molar-refractivity contribution in [3.63, 3.8) is 0 Å². The molecule has 1 fully saturated rings. The number of hydrogen-bond acceptors (Lipinski definition) is 2. The lowest BCUT2D eigenvalue weighted by Gasteiger charge is -2.00. The van der Waals surface area contributed by atoms with Crippen LogP contribution in [0.2, 0.25) is 0 Å².